The number of oxime groups is 1. The number of nitrogens with zero attached hydrogens (tertiary/aromatic N) is 2. The number of aromatic amines is 1. The smallest absolute Gasteiger partial charge is 0.280 e. The Balaban J connectivity index is 2.61. The van der Waals surface area contributed by atoms with E-state index >= 15 is 0 Å². The molecule has 0 bridgehead atoms. The zero-order chi connectivity index (χ0) is 11.5. The Morgan fingerprint density at radius 2 is 2.06 bits per heavy atom. The van der Waals surface area contributed by atoms with Crippen molar-refractivity contribution in [2.45, 2.75) is 6.92 Å². The molecule has 82 valence electrons. The van der Waals surface area contributed by atoms with Gasteiger partial charge in [0.25, 0.3) is 5.56 Å². The molecule has 2 N–H and O–H groups in total. The van der Waals surface area contributed by atoms with Crippen LogP contribution in [0, 0.1) is 6.92 Å². The van der Waals surface area contributed by atoms with Crippen LogP contribution in [0.3, 0.4) is 0 Å². The number of rotatable bonds is 2. The Morgan fingerprint density at radius 1 is 1.38 bits per heavy atom. The van der Waals surface area contributed by atoms with Crippen molar-refractivity contribution in [1.29, 1.82) is 0 Å². The van der Waals surface area contributed by atoms with Gasteiger partial charge in [0.05, 0.1) is 17.5 Å². The van der Waals surface area contributed by atoms with E-state index in [1.807, 2.05) is 30.3 Å². The summed E-state index contributed by atoms with van der Waals surface area (Å²) in [7, 11) is 0. The number of nitrogens with one attached hydrogen (secondary N) is 1. The Morgan fingerprint density at radius 3 is 2.69 bits per heavy atom. The first kappa shape index (κ1) is 10.2. The maximum atomic E-state index is 11.9. The van der Waals surface area contributed by atoms with Crippen LogP contribution in [0.5, 0.6) is 0 Å². The molecule has 0 amide bonds. The fourth-order valence-corrected chi connectivity index (χ4v) is 1.53. The number of hydrogen-bond acceptors (Lipinski definition) is 3. The number of H-pyrrole nitrogens is 1. The van der Waals surface area contributed by atoms with Crippen molar-refractivity contribution < 1.29 is 5.21 Å². The molecule has 0 spiro atoms. The van der Waals surface area contributed by atoms with Crippen molar-refractivity contribution >= 4 is 6.21 Å². The van der Waals surface area contributed by atoms with Crippen LogP contribution >= 0.6 is 0 Å². The van der Waals surface area contributed by atoms with Crippen molar-refractivity contribution in [3.8, 4) is 5.69 Å². The van der Waals surface area contributed by atoms with Gasteiger partial charge in [0, 0.05) is 5.69 Å². The van der Waals surface area contributed by atoms with Crippen LogP contribution in [0.4, 0.5) is 0 Å². The van der Waals surface area contributed by atoms with E-state index in [9.17, 15) is 4.79 Å². The highest BCUT2D eigenvalue weighted by atomic mass is 16.4. The number of hydrogen-bond donors (Lipinski definition) is 2. The Bertz CT molecular complexity index is 567. The van der Waals surface area contributed by atoms with Gasteiger partial charge in [0.1, 0.15) is 0 Å². The van der Waals surface area contributed by atoms with Crippen LogP contribution in [0.25, 0.3) is 5.69 Å². The summed E-state index contributed by atoms with van der Waals surface area (Å²) in [6.07, 6.45) is 1.13. The average Bonchev–Trinajstić information content (AvgIpc) is 2.59. The monoisotopic (exact) mass is 217 g/mol. The van der Waals surface area contributed by atoms with Gasteiger partial charge >= 0.3 is 0 Å². The van der Waals surface area contributed by atoms with Crippen LogP contribution in [0.2, 0.25) is 0 Å². The summed E-state index contributed by atoms with van der Waals surface area (Å²) < 4.78 is 1.41. The van der Waals surface area contributed by atoms with Gasteiger partial charge in [-0.15, -0.1) is 0 Å². The van der Waals surface area contributed by atoms with Gasteiger partial charge in [-0.1, -0.05) is 23.4 Å². The molecular weight excluding hydrogens is 206 g/mol. The van der Waals surface area contributed by atoms with Crippen molar-refractivity contribution in [3.05, 3.63) is 51.9 Å². The third kappa shape index (κ3) is 1.63. The molecular formula is C11H11N3O2. The second-order valence-electron chi connectivity index (χ2n) is 3.37. The predicted octanol–water partition coefficient (Wildman–Crippen LogP) is 1.28. The third-order valence-electron chi connectivity index (χ3n) is 2.32. The topological polar surface area (TPSA) is 70.4 Å². The maximum Gasteiger partial charge on any atom is 0.280 e. The van der Waals surface area contributed by atoms with E-state index in [4.69, 9.17) is 5.21 Å². The van der Waals surface area contributed by atoms with Crippen molar-refractivity contribution in [2.75, 3.05) is 0 Å². The fraction of sp³-hybridized carbons (Fsp3) is 0.0909. The van der Waals surface area contributed by atoms with Gasteiger partial charge in [-0.05, 0) is 19.1 Å². The lowest BCUT2D eigenvalue weighted by Gasteiger charge is -1.99. The molecule has 5 nitrogen and oxygen atoms in total. The van der Waals surface area contributed by atoms with Crippen molar-refractivity contribution in [3.63, 3.8) is 0 Å². The van der Waals surface area contributed by atoms with Gasteiger partial charge in [0.15, 0.2) is 0 Å². The summed E-state index contributed by atoms with van der Waals surface area (Å²) in [5, 5.41) is 14.2. The molecule has 1 aromatic carbocycles. The predicted molar refractivity (Wildman–Crippen MR) is 60.5 cm³/mol. The highest BCUT2D eigenvalue weighted by Crippen LogP contribution is 2.05. The summed E-state index contributed by atoms with van der Waals surface area (Å²) in [6.45, 7) is 1.75. The van der Waals surface area contributed by atoms with E-state index in [0.717, 1.165) is 11.9 Å². The normalized spacial score (nSPS) is 11.1. The minimum absolute atomic E-state index is 0.235. The lowest BCUT2D eigenvalue weighted by Crippen LogP contribution is -2.17. The molecule has 0 aliphatic heterocycles. The fourth-order valence-electron chi connectivity index (χ4n) is 1.53. The van der Waals surface area contributed by atoms with Crippen molar-refractivity contribution in [1.82, 2.24) is 9.78 Å². The van der Waals surface area contributed by atoms with E-state index in [1.54, 1.807) is 6.92 Å². The largest absolute Gasteiger partial charge is 0.411 e. The second-order valence-corrected chi connectivity index (χ2v) is 3.37. The molecule has 0 saturated carbocycles. The molecule has 1 heterocycles. The maximum absolute atomic E-state index is 11.9. The first-order chi connectivity index (χ1) is 7.74. The number of aryl methyl sites for hydroxylation is 1. The highest BCUT2D eigenvalue weighted by Gasteiger charge is 2.09. The van der Waals surface area contributed by atoms with E-state index in [1.165, 1.54) is 4.68 Å². The van der Waals surface area contributed by atoms with Crippen molar-refractivity contribution in [2.24, 2.45) is 5.16 Å². The third-order valence-corrected chi connectivity index (χ3v) is 2.32. The van der Waals surface area contributed by atoms with Gasteiger partial charge in [-0.2, -0.15) is 0 Å². The lowest BCUT2D eigenvalue weighted by atomic mass is 10.3. The van der Waals surface area contributed by atoms with E-state index in [-0.39, 0.29) is 5.56 Å². The standard InChI is InChI=1S/C11H11N3O2/c1-8-10(7-12-16)11(15)14(13-8)9-5-3-2-4-6-9/h2-7,13,16H,1H3/b12-7-. The molecule has 0 atom stereocenters. The van der Waals surface area contributed by atoms with E-state index in [2.05, 4.69) is 10.3 Å². The molecule has 0 aliphatic rings. The summed E-state index contributed by atoms with van der Waals surface area (Å²) in [4.78, 5) is 11.9. The van der Waals surface area contributed by atoms with Crippen LogP contribution in [-0.2, 0) is 0 Å². The summed E-state index contributed by atoms with van der Waals surface area (Å²) in [5.74, 6) is 0. The number of para-hydroxylation sites is 1. The quantitative estimate of drug-likeness (QED) is 0.452. The van der Waals surface area contributed by atoms with Gasteiger partial charge in [0.2, 0.25) is 0 Å². The molecule has 0 saturated heterocycles. The zero-order valence-electron chi connectivity index (χ0n) is 8.71. The summed E-state index contributed by atoms with van der Waals surface area (Å²) in [6, 6.07) is 9.20. The lowest BCUT2D eigenvalue weighted by molar-refractivity contribution is 0.322. The summed E-state index contributed by atoms with van der Waals surface area (Å²) in [5.41, 5.74) is 1.52. The number of aromatic nitrogens is 2. The molecule has 0 aliphatic carbocycles. The Kier molecular flexibility index (Phi) is 2.59. The Hall–Kier alpha value is -2.30. The molecule has 5 heteroatoms. The molecule has 2 aromatic rings. The first-order valence-corrected chi connectivity index (χ1v) is 4.78. The average molecular weight is 217 g/mol. The first-order valence-electron chi connectivity index (χ1n) is 4.78. The minimum Gasteiger partial charge on any atom is -0.411 e. The molecule has 0 unspecified atom stereocenters. The van der Waals surface area contributed by atoms with E-state index in [0.29, 0.717) is 11.3 Å². The van der Waals surface area contributed by atoms with Crippen LogP contribution in [-0.4, -0.2) is 21.2 Å². The number of benzene rings is 1. The van der Waals surface area contributed by atoms with E-state index < -0.39 is 0 Å². The van der Waals surface area contributed by atoms with Gasteiger partial charge in [-0.3, -0.25) is 9.89 Å². The molecule has 1 aromatic heterocycles. The van der Waals surface area contributed by atoms with Gasteiger partial charge < -0.3 is 5.21 Å². The minimum atomic E-state index is -0.235. The second kappa shape index (κ2) is 4.06. The van der Waals surface area contributed by atoms with Crippen LogP contribution < -0.4 is 5.56 Å². The Labute approximate surface area is 91.6 Å². The van der Waals surface area contributed by atoms with Crippen LogP contribution in [0.15, 0.2) is 40.3 Å². The SMILES string of the molecule is Cc1[nH]n(-c2ccccc2)c(=O)c1/C=N\O. The zero-order valence-corrected chi connectivity index (χ0v) is 8.71. The van der Waals surface area contributed by atoms with Gasteiger partial charge in [-0.25, -0.2) is 4.68 Å². The molecule has 2 rings (SSSR count). The summed E-state index contributed by atoms with van der Waals surface area (Å²) >= 11 is 0. The highest BCUT2D eigenvalue weighted by molar-refractivity contribution is 5.80. The van der Waals surface area contributed by atoms with Crippen LogP contribution in [0.1, 0.15) is 11.3 Å². The molecule has 0 radical (unpaired) electrons. The molecule has 0 fully saturated rings. The molecule has 16 heavy (non-hydrogen) atoms.